The normalized spacial score (nSPS) is 23.8. The average molecular weight is 279 g/mol. The van der Waals surface area contributed by atoms with Crippen LogP contribution in [0.5, 0.6) is 0 Å². The van der Waals surface area contributed by atoms with Crippen LogP contribution in [0, 0.1) is 5.92 Å². The van der Waals surface area contributed by atoms with Gasteiger partial charge in [-0.15, -0.1) is 0 Å². The zero-order valence-corrected chi connectivity index (χ0v) is 13.0. The number of likely N-dealkylation sites (tertiary alicyclic amines) is 1. The number of aromatic nitrogens is 1. The highest BCUT2D eigenvalue weighted by molar-refractivity contribution is 5.92. The quantitative estimate of drug-likeness (QED) is 0.918. The maximum Gasteiger partial charge on any atom is 0.273 e. The molecular weight excluding hydrogens is 254 g/mol. The van der Waals surface area contributed by atoms with Gasteiger partial charge in [-0.3, -0.25) is 9.69 Å². The van der Waals surface area contributed by atoms with Gasteiger partial charge in [0.05, 0.1) is 0 Å². The summed E-state index contributed by atoms with van der Waals surface area (Å²) in [6, 6.07) is 2.43. The van der Waals surface area contributed by atoms with Crippen molar-refractivity contribution in [2.24, 2.45) is 5.92 Å². The summed E-state index contributed by atoms with van der Waals surface area (Å²) in [5, 5.41) is 6.94. The number of amides is 1. The lowest BCUT2D eigenvalue weighted by Crippen LogP contribution is -2.40. The Balaban J connectivity index is 1.97. The number of carbonyl (C=O) groups excluding carboxylic acids is 1. The second-order valence-corrected chi connectivity index (χ2v) is 6.37. The van der Waals surface area contributed by atoms with Gasteiger partial charge in [-0.25, -0.2) is 0 Å². The van der Waals surface area contributed by atoms with E-state index < -0.39 is 0 Å². The predicted octanol–water partition coefficient (Wildman–Crippen LogP) is 2.26. The Morgan fingerprint density at radius 1 is 1.40 bits per heavy atom. The van der Waals surface area contributed by atoms with Gasteiger partial charge in [0.25, 0.3) is 5.91 Å². The molecule has 2 heterocycles. The van der Waals surface area contributed by atoms with E-state index in [4.69, 9.17) is 4.52 Å². The van der Waals surface area contributed by atoms with Gasteiger partial charge >= 0.3 is 0 Å². The first-order chi connectivity index (χ1) is 9.38. The molecule has 112 valence electrons. The fraction of sp³-hybridized carbons (Fsp3) is 0.733. The Labute approximate surface area is 120 Å². The van der Waals surface area contributed by atoms with Crippen molar-refractivity contribution in [3.63, 3.8) is 0 Å². The second-order valence-electron chi connectivity index (χ2n) is 6.37. The average Bonchev–Trinajstić information content (AvgIpc) is 2.97. The molecule has 1 aromatic rings. The van der Waals surface area contributed by atoms with Crippen molar-refractivity contribution >= 4 is 5.91 Å². The molecule has 0 aliphatic carbocycles. The Kier molecular flexibility index (Phi) is 4.48. The zero-order valence-electron chi connectivity index (χ0n) is 13.0. The molecule has 0 unspecified atom stereocenters. The standard InChI is InChI=1S/C15H25N3O2/c1-9(2)14-6-12(17-20-14)15(19)16-13-8-18(10(3)4)7-11(13)5/h6,9-11,13H,7-8H2,1-5H3,(H,16,19)/t11-,13+/m0/s1. The molecule has 1 N–H and O–H groups in total. The van der Waals surface area contributed by atoms with Crippen molar-refractivity contribution in [3.05, 3.63) is 17.5 Å². The van der Waals surface area contributed by atoms with Crippen molar-refractivity contribution in [1.82, 2.24) is 15.4 Å². The molecule has 1 fully saturated rings. The number of hydrogen-bond donors (Lipinski definition) is 1. The number of nitrogens with zero attached hydrogens (tertiary/aromatic N) is 2. The molecule has 0 bridgehead atoms. The van der Waals surface area contributed by atoms with Crippen LogP contribution in [0.1, 0.15) is 56.8 Å². The van der Waals surface area contributed by atoms with Crippen LogP contribution in [-0.2, 0) is 0 Å². The van der Waals surface area contributed by atoms with Crippen molar-refractivity contribution in [2.45, 2.75) is 52.6 Å². The van der Waals surface area contributed by atoms with E-state index in [-0.39, 0.29) is 17.9 Å². The molecule has 1 aromatic heterocycles. The van der Waals surface area contributed by atoms with E-state index in [0.717, 1.165) is 18.8 Å². The number of nitrogens with one attached hydrogen (secondary N) is 1. The Hall–Kier alpha value is -1.36. The van der Waals surface area contributed by atoms with Crippen LogP contribution < -0.4 is 5.32 Å². The molecule has 0 spiro atoms. The third kappa shape index (κ3) is 3.20. The fourth-order valence-corrected chi connectivity index (χ4v) is 2.52. The Morgan fingerprint density at radius 3 is 2.60 bits per heavy atom. The van der Waals surface area contributed by atoms with Crippen LogP contribution in [-0.4, -0.2) is 41.1 Å². The highest BCUT2D eigenvalue weighted by Gasteiger charge is 2.32. The first-order valence-corrected chi connectivity index (χ1v) is 7.40. The predicted molar refractivity (Wildman–Crippen MR) is 77.7 cm³/mol. The van der Waals surface area contributed by atoms with Gasteiger partial charge in [-0.05, 0) is 19.8 Å². The Morgan fingerprint density at radius 2 is 2.10 bits per heavy atom. The molecule has 1 aliphatic rings. The van der Waals surface area contributed by atoms with Gasteiger partial charge < -0.3 is 9.84 Å². The zero-order chi connectivity index (χ0) is 14.9. The first kappa shape index (κ1) is 15.0. The summed E-state index contributed by atoms with van der Waals surface area (Å²) in [7, 11) is 0. The van der Waals surface area contributed by atoms with Gasteiger partial charge in [0, 0.05) is 37.2 Å². The third-order valence-corrected chi connectivity index (χ3v) is 4.02. The van der Waals surface area contributed by atoms with Gasteiger partial charge in [0.2, 0.25) is 0 Å². The van der Waals surface area contributed by atoms with Crippen LogP contribution in [0.3, 0.4) is 0 Å². The van der Waals surface area contributed by atoms with Gasteiger partial charge in [0.15, 0.2) is 5.69 Å². The van der Waals surface area contributed by atoms with E-state index in [1.54, 1.807) is 6.07 Å². The molecule has 5 heteroatoms. The van der Waals surface area contributed by atoms with Crippen molar-refractivity contribution in [2.75, 3.05) is 13.1 Å². The number of carbonyl (C=O) groups is 1. The molecule has 1 aliphatic heterocycles. The molecule has 0 radical (unpaired) electrons. The summed E-state index contributed by atoms with van der Waals surface area (Å²) >= 11 is 0. The highest BCUT2D eigenvalue weighted by atomic mass is 16.5. The van der Waals surface area contributed by atoms with E-state index >= 15 is 0 Å². The van der Waals surface area contributed by atoms with Crippen molar-refractivity contribution < 1.29 is 9.32 Å². The van der Waals surface area contributed by atoms with Crippen LogP contribution in [0.25, 0.3) is 0 Å². The fourth-order valence-electron chi connectivity index (χ4n) is 2.52. The molecular formula is C15H25N3O2. The molecule has 1 amide bonds. The lowest BCUT2D eigenvalue weighted by Gasteiger charge is -2.20. The van der Waals surface area contributed by atoms with Crippen LogP contribution in [0.15, 0.2) is 10.6 Å². The SMILES string of the molecule is CC(C)c1cc(C(=O)N[C@@H]2CN(C(C)C)C[C@@H]2C)no1. The van der Waals surface area contributed by atoms with E-state index in [2.05, 4.69) is 36.1 Å². The topological polar surface area (TPSA) is 58.4 Å². The van der Waals surface area contributed by atoms with Gasteiger partial charge in [-0.1, -0.05) is 25.9 Å². The molecule has 0 aromatic carbocycles. The summed E-state index contributed by atoms with van der Waals surface area (Å²) in [6.45, 7) is 12.5. The number of hydrogen-bond acceptors (Lipinski definition) is 4. The minimum absolute atomic E-state index is 0.136. The second kappa shape index (κ2) is 5.95. The lowest BCUT2D eigenvalue weighted by molar-refractivity contribution is 0.0921. The summed E-state index contributed by atoms with van der Waals surface area (Å²) in [5.41, 5.74) is 0.379. The summed E-state index contributed by atoms with van der Waals surface area (Å²) in [4.78, 5) is 14.6. The smallest absolute Gasteiger partial charge is 0.273 e. The van der Waals surface area contributed by atoms with Crippen LogP contribution in [0.2, 0.25) is 0 Å². The van der Waals surface area contributed by atoms with E-state index in [0.29, 0.717) is 17.7 Å². The summed E-state index contributed by atoms with van der Waals surface area (Å²) in [6.07, 6.45) is 0. The Bertz CT molecular complexity index is 467. The maximum absolute atomic E-state index is 12.2. The summed E-state index contributed by atoms with van der Waals surface area (Å²) < 4.78 is 5.18. The first-order valence-electron chi connectivity index (χ1n) is 7.40. The largest absolute Gasteiger partial charge is 0.360 e. The molecule has 2 atom stereocenters. The summed E-state index contributed by atoms with van der Waals surface area (Å²) in [5.74, 6) is 1.31. The molecule has 2 rings (SSSR count). The molecule has 20 heavy (non-hydrogen) atoms. The monoisotopic (exact) mass is 279 g/mol. The highest BCUT2D eigenvalue weighted by Crippen LogP contribution is 2.20. The van der Waals surface area contributed by atoms with Crippen molar-refractivity contribution in [3.8, 4) is 0 Å². The van der Waals surface area contributed by atoms with Crippen LogP contribution >= 0.6 is 0 Å². The van der Waals surface area contributed by atoms with Gasteiger partial charge in [0.1, 0.15) is 5.76 Å². The van der Waals surface area contributed by atoms with E-state index in [9.17, 15) is 4.79 Å². The minimum Gasteiger partial charge on any atom is -0.360 e. The van der Waals surface area contributed by atoms with Gasteiger partial charge in [-0.2, -0.15) is 0 Å². The van der Waals surface area contributed by atoms with Crippen molar-refractivity contribution in [1.29, 1.82) is 0 Å². The number of rotatable bonds is 4. The lowest BCUT2D eigenvalue weighted by atomic mass is 10.1. The van der Waals surface area contributed by atoms with E-state index in [1.807, 2.05) is 13.8 Å². The molecule has 0 saturated carbocycles. The molecule has 5 nitrogen and oxygen atoms in total. The maximum atomic E-state index is 12.2. The third-order valence-electron chi connectivity index (χ3n) is 4.02. The minimum atomic E-state index is -0.136. The molecule has 1 saturated heterocycles. The van der Waals surface area contributed by atoms with Crippen LogP contribution in [0.4, 0.5) is 0 Å². The van der Waals surface area contributed by atoms with E-state index in [1.165, 1.54) is 0 Å².